The number of sulfonamides is 1. The third-order valence-corrected chi connectivity index (χ3v) is 6.50. The molecule has 1 N–H and O–H groups in total. The summed E-state index contributed by atoms with van der Waals surface area (Å²) in [5.74, 6) is 0.877. The number of hydrogen-bond acceptors (Lipinski definition) is 7. The highest BCUT2D eigenvalue weighted by atomic mass is 32.2. The zero-order valence-electron chi connectivity index (χ0n) is 17.4. The molecule has 2 heterocycles. The van der Waals surface area contributed by atoms with Gasteiger partial charge in [0, 0.05) is 12.5 Å². The van der Waals surface area contributed by atoms with Crippen molar-refractivity contribution in [3.05, 3.63) is 59.2 Å². The van der Waals surface area contributed by atoms with E-state index >= 15 is 0 Å². The van der Waals surface area contributed by atoms with Crippen LogP contribution < -0.4 is 14.4 Å². The molecule has 9 nitrogen and oxygen atoms in total. The summed E-state index contributed by atoms with van der Waals surface area (Å²) in [6.07, 6.45) is 0.592. The molecule has 1 aliphatic rings. The van der Waals surface area contributed by atoms with Crippen molar-refractivity contribution in [2.24, 2.45) is 0 Å². The van der Waals surface area contributed by atoms with E-state index in [0.29, 0.717) is 40.8 Å². The number of benzene rings is 2. The van der Waals surface area contributed by atoms with E-state index in [1.807, 2.05) is 26.0 Å². The maximum atomic E-state index is 13.1. The van der Waals surface area contributed by atoms with Crippen LogP contribution in [0.1, 0.15) is 29.8 Å². The van der Waals surface area contributed by atoms with E-state index in [1.54, 1.807) is 25.1 Å². The van der Waals surface area contributed by atoms with Crippen LogP contribution in [-0.2, 0) is 27.8 Å². The summed E-state index contributed by atoms with van der Waals surface area (Å²) in [6, 6.07) is 10.2. The van der Waals surface area contributed by atoms with Crippen molar-refractivity contribution in [2.45, 2.75) is 38.6 Å². The molecule has 10 heteroatoms. The van der Waals surface area contributed by atoms with Gasteiger partial charge in [-0.25, -0.2) is 8.42 Å². The fraction of sp³-hybridized carbons (Fsp3) is 0.286. The van der Waals surface area contributed by atoms with Crippen molar-refractivity contribution in [2.75, 3.05) is 16.2 Å². The SMILES string of the molecule is CCc1nc(CN2C(=O)COc3cc(S(=O)(=O)Nc4ccccc4C)c(C)cc32)no1. The third-order valence-electron chi connectivity index (χ3n) is 4.99. The van der Waals surface area contributed by atoms with E-state index in [4.69, 9.17) is 9.26 Å². The van der Waals surface area contributed by atoms with Crippen molar-refractivity contribution in [3.8, 4) is 5.75 Å². The number of nitrogens with zero attached hydrogens (tertiary/aromatic N) is 3. The van der Waals surface area contributed by atoms with Crippen LogP contribution in [0.5, 0.6) is 5.75 Å². The molecule has 0 aliphatic carbocycles. The second kappa shape index (κ2) is 8.03. The van der Waals surface area contributed by atoms with E-state index in [0.717, 1.165) is 5.56 Å². The van der Waals surface area contributed by atoms with Crippen LogP contribution in [0, 0.1) is 13.8 Å². The predicted octanol–water partition coefficient (Wildman–Crippen LogP) is 2.98. The number of aromatic nitrogens is 2. The first-order chi connectivity index (χ1) is 14.8. The second-order valence-corrected chi connectivity index (χ2v) is 8.88. The van der Waals surface area contributed by atoms with Gasteiger partial charge in [0.05, 0.1) is 22.8 Å². The van der Waals surface area contributed by atoms with Crippen LogP contribution >= 0.6 is 0 Å². The Hall–Kier alpha value is -3.40. The Morgan fingerprint density at radius 2 is 1.94 bits per heavy atom. The molecular formula is C21H22N4O5S. The van der Waals surface area contributed by atoms with E-state index in [1.165, 1.54) is 11.0 Å². The lowest BCUT2D eigenvalue weighted by molar-refractivity contribution is -0.121. The fourth-order valence-corrected chi connectivity index (χ4v) is 4.70. The molecule has 3 aromatic rings. The van der Waals surface area contributed by atoms with Gasteiger partial charge in [0.1, 0.15) is 5.75 Å². The lowest BCUT2D eigenvalue weighted by atomic mass is 10.1. The van der Waals surface area contributed by atoms with Gasteiger partial charge in [-0.15, -0.1) is 0 Å². The number of amides is 1. The molecule has 1 aliphatic heterocycles. The van der Waals surface area contributed by atoms with E-state index in [-0.39, 0.29) is 24.0 Å². The van der Waals surface area contributed by atoms with Crippen molar-refractivity contribution < 1.29 is 22.5 Å². The minimum absolute atomic E-state index is 0.0802. The van der Waals surface area contributed by atoms with Gasteiger partial charge in [-0.05, 0) is 37.1 Å². The van der Waals surface area contributed by atoms with Gasteiger partial charge in [0.2, 0.25) is 5.89 Å². The Kier molecular flexibility index (Phi) is 5.40. The number of fused-ring (bicyclic) bond motifs is 1. The quantitative estimate of drug-likeness (QED) is 0.624. The van der Waals surface area contributed by atoms with Crippen molar-refractivity contribution in [1.29, 1.82) is 0 Å². The third kappa shape index (κ3) is 4.11. The first kappa shape index (κ1) is 20.9. The van der Waals surface area contributed by atoms with Gasteiger partial charge in [0.15, 0.2) is 12.4 Å². The molecule has 0 saturated heterocycles. The molecule has 2 aromatic carbocycles. The first-order valence-electron chi connectivity index (χ1n) is 9.76. The number of rotatable bonds is 6. The van der Waals surface area contributed by atoms with Crippen molar-refractivity contribution in [3.63, 3.8) is 0 Å². The number of aryl methyl sites for hydroxylation is 3. The smallest absolute Gasteiger partial charge is 0.265 e. The summed E-state index contributed by atoms with van der Waals surface area (Å²) in [5, 5.41) is 3.90. The number of para-hydroxylation sites is 1. The second-order valence-electron chi connectivity index (χ2n) is 7.23. The van der Waals surface area contributed by atoms with E-state index in [9.17, 15) is 13.2 Å². The molecule has 31 heavy (non-hydrogen) atoms. The first-order valence-corrected chi connectivity index (χ1v) is 11.2. The maximum Gasteiger partial charge on any atom is 0.265 e. The number of anilines is 2. The molecule has 0 fully saturated rings. The van der Waals surface area contributed by atoms with E-state index < -0.39 is 10.0 Å². The number of carbonyl (C=O) groups excluding carboxylic acids is 1. The van der Waals surface area contributed by atoms with Crippen molar-refractivity contribution in [1.82, 2.24) is 10.1 Å². The van der Waals surface area contributed by atoms with Crippen LogP contribution in [-0.4, -0.2) is 31.1 Å². The highest BCUT2D eigenvalue weighted by Crippen LogP contribution is 2.37. The highest BCUT2D eigenvalue weighted by Gasteiger charge is 2.30. The average Bonchev–Trinajstić information content (AvgIpc) is 3.19. The van der Waals surface area contributed by atoms with Gasteiger partial charge < -0.3 is 9.26 Å². The van der Waals surface area contributed by atoms with Gasteiger partial charge >= 0.3 is 0 Å². The lowest BCUT2D eigenvalue weighted by Gasteiger charge is -2.29. The summed E-state index contributed by atoms with van der Waals surface area (Å²) in [5.41, 5.74) is 2.25. The Morgan fingerprint density at radius 3 is 2.65 bits per heavy atom. The van der Waals surface area contributed by atoms with Gasteiger partial charge in [-0.2, -0.15) is 4.98 Å². The lowest BCUT2D eigenvalue weighted by Crippen LogP contribution is -2.38. The molecular weight excluding hydrogens is 420 g/mol. The monoisotopic (exact) mass is 442 g/mol. The Labute approximate surface area is 180 Å². The van der Waals surface area contributed by atoms with Crippen LogP contribution in [0.25, 0.3) is 0 Å². The Morgan fingerprint density at radius 1 is 1.16 bits per heavy atom. The average molecular weight is 442 g/mol. The number of ether oxygens (including phenoxy) is 1. The molecule has 0 radical (unpaired) electrons. The Balaban J connectivity index is 1.68. The Bertz CT molecular complexity index is 1250. The summed E-state index contributed by atoms with van der Waals surface area (Å²) in [7, 11) is -3.86. The summed E-state index contributed by atoms with van der Waals surface area (Å²) < 4.78 is 39.4. The predicted molar refractivity (Wildman–Crippen MR) is 114 cm³/mol. The molecule has 162 valence electrons. The number of carbonyl (C=O) groups is 1. The molecule has 0 spiro atoms. The summed E-state index contributed by atoms with van der Waals surface area (Å²) >= 11 is 0. The minimum atomic E-state index is -3.86. The highest BCUT2D eigenvalue weighted by molar-refractivity contribution is 7.92. The molecule has 1 aromatic heterocycles. The summed E-state index contributed by atoms with van der Waals surface area (Å²) in [6.45, 7) is 5.29. The van der Waals surface area contributed by atoms with Gasteiger partial charge in [0.25, 0.3) is 15.9 Å². The van der Waals surface area contributed by atoms with Crippen LogP contribution in [0.15, 0.2) is 45.8 Å². The number of hydrogen-bond donors (Lipinski definition) is 1. The molecule has 1 amide bonds. The fourth-order valence-electron chi connectivity index (χ4n) is 3.32. The zero-order chi connectivity index (χ0) is 22.2. The largest absolute Gasteiger partial charge is 0.482 e. The van der Waals surface area contributed by atoms with Crippen LogP contribution in [0.3, 0.4) is 0 Å². The van der Waals surface area contributed by atoms with E-state index in [2.05, 4.69) is 14.9 Å². The van der Waals surface area contributed by atoms with Crippen molar-refractivity contribution >= 4 is 27.3 Å². The van der Waals surface area contributed by atoms with Crippen LogP contribution in [0.2, 0.25) is 0 Å². The van der Waals surface area contributed by atoms with Gasteiger partial charge in [-0.1, -0.05) is 30.3 Å². The maximum absolute atomic E-state index is 13.1. The van der Waals surface area contributed by atoms with Crippen LogP contribution in [0.4, 0.5) is 11.4 Å². The summed E-state index contributed by atoms with van der Waals surface area (Å²) in [4.78, 5) is 18.3. The standard InChI is InChI=1S/C21H22N4O5S/c1-4-20-22-19(23-30-20)11-25-16-9-14(3)18(10-17(16)29-12-21(25)26)31(27,28)24-15-8-6-5-7-13(15)2/h5-10,24H,4,11-12H2,1-3H3. The molecule has 0 saturated carbocycles. The zero-order valence-corrected chi connectivity index (χ0v) is 18.2. The molecule has 0 unspecified atom stereocenters. The topological polar surface area (TPSA) is 115 Å². The molecule has 0 bridgehead atoms. The normalized spacial score (nSPS) is 13.6. The minimum Gasteiger partial charge on any atom is -0.482 e. The van der Waals surface area contributed by atoms with Gasteiger partial charge in [-0.3, -0.25) is 14.4 Å². The molecule has 0 atom stereocenters. The molecule has 4 rings (SSSR count). The number of nitrogens with one attached hydrogen (secondary N) is 1.